The molecule has 9 heteroatoms. The van der Waals surface area contributed by atoms with Gasteiger partial charge in [0.1, 0.15) is 4.90 Å². The minimum Gasteiger partial charge on any atom is -0.342 e. The molecule has 4 rings (SSSR count). The Morgan fingerprint density at radius 1 is 1.23 bits per heavy atom. The Labute approximate surface area is 179 Å². The lowest BCUT2D eigenvalue weighted by molar-refractivity contribution is -0.131. The van der Waals surface area contributed by atoms with Crippen molar-refractivity contribution in [2.75, 3.05) is 19.3 Å². The molecule has 0 radical (unpaired) electrons. The molecule has 1 fully saturated rings. The van der Waals surface area contributed by atoms with E-state index in [4.69, 9.17) is 0 Å². The number of sulfone groups is 1. The van der Waals surface area contributed by atoms with E-state index in [2.05, 4.69) is 15.0 Å². The molecule has 7 nitrogen and oxygen atoms in total. The van der Waals surface area contributed by atoms with Gasteiger partial charge in [0.25, 0.3) is 0 Å². The minimum atomic E-state index is -3.47. The second-order valence-electron chi connectivity index (χ2n) is 7.42. The van der Waals surface area contributed by atoms with Crippen LogP contribution in [-0.4, -0.2) is 53.5 Å². The van der Waals surface area contributed by atoms with Crippen molar-refractivity contribution in [3.8, 4) is 11.4 Å². The predicted molar refractivity (Wildman–Crippen MR) is 115 cm³/mol. The van der Waals surface area contributed by atoms with Crippen LogP contribution in [0, 0.1) is 0 Å². The number of likely N-dealkylation sites (tertiary alicyclic amines) is 1. The van der Waals surface area contributed by atoms with Crippen LogP contribution in [0.1, 0.15) is 30.0 Å². The molecule has 0 saturated carbocycles. The van der Waals surface area contributed by atoms with Gasteiger partial charge in [-0.2, -0.15) is 11.3 Å². The molecule has 1 saturated heterocycles. The molecule has 3 aromatic heterocycles. The summed E-state index contributed by atoms with van der Waals surface area (Å²) in [6.45, 7) is 1.17. The van der Waals surface area contributed by atoms with Crippen LogP contribution in [0.3, 0.4) is 0 Å². The highest BCUT2D eigenvalue weighted by Gasteiger charge is 2.29. The number of rotatable bonds is 5. The zero-order chi connectivity index (χ0) is 21.1. The maximum atomic E-state index is 12.6. The molecule has 0 unspecified atom stereocenters. The van der Waals surface area contributed by atoms with E-state index in [-0.39, 0.29) is 16.7 Å². The SMILES string of the molecule is CS(=O)(=O)c1cnc(-c2cccnc2)nc1C1CCN(C(=O)Cc2ccsc2)CC1. The summed E-state index contributed by atoms with van der Waals surface area (Å²) in [5.74, 6) is 0.522. The Kier molecular flexibility index (Phi) is 5.92. The van der Waals surface area contributed by atoms with Crippen LogP contribution < -0.4 is 0 Å². The third-order valence-electron chi connectivity index (χ3n) is 5.27. The number of carbonyl (C=O) groups excluding carboxylic acids is 1. The highest BCUT2D eigenvalue weighted by atomic mass is 32.2. The van der Waals surface area contributed by atoms with Crippen LogP contribution >= 0.6 is 11.3 Å². The van der Waals surface area contributed by atoms with Crippen molar-refractivity contribution in [1.29, 1.82) is 0 Å². The first kappa shape index (κ1) is 20.6. The Morgan fingerprint density at radius 2 is 2.03 bits per heavy atom. The third-order valence-corrected chi connectivity index (χ3v) is 7.12. The first-order chi connectivity index (χ1) is 14.4. The largest absolute Gasteiger partial charge is 0.342 e. The highest BCUT2D eigenvalue weighted by molar-refractivity contribution is 7.90. The summed E-state index contributed by atoms with van der Waals surface area (Å²) in [5.41, 5.74) is 2.31. The van der Waals surface area contributed by atoms with E-state index in [0.29, 0.717) is 43.9 Å². The van der Waals surface area contributed by atoms with E-state index in [1.54, 1.807) is 29.8 Å². The topological polar surface area (TPSA) is 93.1 Å². The average molecular weight is 443 g/mol. The first-order valence-electron chi connectivity index (χ1n) is 9.68. The van der Waals surface area contributed by atoms with Crippen LogP contribution in [-0.2, 0) is 21.1 Å². The minimum absolute atomic E-state index is 0.0432. The molecular weight excluding hydrogens is 420 g/mol. The lowest BCUT2D eigenvalue weighted by Gasteiger charge is -2.32. The van der Waals surface area contributed by atoms with Crippen LogP contribution in [0.5, 0.6) is 0 Å². The van der Waals surface area contributed by atoms with Gasteiger partial charge in [-0.3, -0.25) is 9.78 Å². The predicted octanol–water partition coefficient (Wildman–Crippen LogP) is 2.95. The number of thiophene rings is 1. The van der Waals surface area contributed by atoms with Crippen molar-refractivity contribution in [3.05, 3.63) is 58.8 Å². The quantitative estimate of drug-likeness (QED) is 0.603. The molecule has 4 heterocycles. The third kappa shape index (κ3) is 4.57. The zero-order valence-electron chi connectivity index (χ0n) is 16.6. The van der Waals surface area contributed by atoms with E-state index >= 15 is 0 Å². The molecule has 0 aromatic carbocycles. The summed E-state index contributed by atoms with van der Waals surface area (Å²) in [7, 11) is -3.47. The van der Waals surface area contributed by atoms with Crippen molar-refractivity contribution in [2.24, 2.45) is 0 Å². The molecule has 1 aliphatic rings. The molecule has 0 aliphatic carbocycles. The number of carbonyl (C=O) groups is 1. The standard InChI is InChI=1S/C21H22N4O3S2/c1-30(27,28)18-13-23-21(17-3-2-7-22-12-17)24-20(18)16-4-8-25(9-5-16)19(26)11-15-6-10-29-14-15/h2-3,6-7,10,12-14,16H,4-5,8-9,11H2,1H3. The molecular formula is C21H22N4O3S2. The Morgan fingerprint density at radius 3 is 2.67 bits per heavy atom. The maximum Gasteiger partial charge on any atom is 0.227 e. The number of amides is 1. The Bertz CT molecular complexity index is 1120. The van der Waals surface area contributed by atoms with E-state index in [9.17, 15) is 13.2 Å². The second-order valence-corrected chi connectivity index (χ2v) is 10.2. The first-order valence-corrected chi connectivity index (χ1v) is 12.5. The summed E-state index contributed by atoms with van der Waals surface area (Å²) in [4.78, 5) is 27.6. The summed E-state index contributed by atoms with van der Waals surface area (Å²) in [5, 5.41) is 3.96. The molecule has 30 heavy (non-hydrogen) atoms. The van der Waals surface area contributed by atoms with Gasteiger partial charge < -0.3 is 4.90 Å². The molecule has 0 N–H and O–H groups in total. The summed E-state index contributed by atoms with van der Waals surface area (Å²) < 4.78 is 24.7. The van der Waals surface area contributed by atoms with E-state index in [0.717, 1.165) is 11.1 Å². The van der Waals surface area contributed by atoms with E-state index in [1.165, 1.54) is 12.5 Å². The van der Waals surface area contributed by atoms with Crippen molar-refractivity contribution >= 4 is 27.1 Å². The monoisotopic (exact) mass is 442 g/mol. The molecule has 1 aliphatic heterocycles. The molecule has 3 aromatic rings. The highest BCUT2D eigenvalue weighted by Crippen LogP contribution is 2.32. The van der Waals surface area contributed by atoms with Gasteiger partial charge in [-0.1, -0.05) is 0 Å². The van der Waals surface area contributed by atoms with Crippen molar-refractivity contribution in [1.82, 2.24) is 19.9 Å². The van der Waals surface area contributed by atoms with Gasteiger partial charge in [0.2, 0.25) is 5.91 Å². The van der Waals surface area contributed by atoms with Gasteiger partial charge in [0.15, 0.2) is 15.7 Å². The van der Waals surface area contributed by atoms with Crippen molar-refractivity contribution < 1.29 is 13.2 Å². The normalized spacial score (nSPS) is 15.3. The summed E-state index contributed by atoms with van der Waals surface area (Å²) in [6.07, 6.45) is 7.64. The fourth-order valence-corrected chi connectivity index (χ4v) is 5.18. The smallest absolute Gasteiger partial charge is 0.227 e. The number of pyridine rings is 1. The van der Waals surface area contributed by atoms with Crippen LogP contribution in [0.25, 0.3) is 11.4 Å². The lowest BCUT2D eigenvalue weighted by atomic mass is 9.93. The lowest BCUT2D eigenvalue weighted by Crippen LogP contribution is -2.39. The van der Waals surface area contributed by atoms with Gasteiger partial charge in [0.05, 0.1) is 12.1 Å². The average Bonchev–Trinajstić information content (AvgIpc) is 3.26. The van der Waals surface area contributed by atoms with Crippen molar-refractivity contribution in [3.63, 3.8) is 0 Å². The zero-order valence-corrected chi connectivity index (χ0v) is 18.2. The number of hydrogen-bond acceptors (Lipinski definition) is 7. The van der Waals surface area contributed by atoms with E-state index < -0.39 is 9.84 Å². The summed E-state index contributed by atoms with van der Waals surface area (Å²) in [6, 6.07) is 5.60. The number of hydrogen-bond donors (Lipinski definition) is 0. The number of aromatic nitrogens is 3. The second kappa shape index (κ2) is 8.61. The molecule has 0 atom stereocenters. The summed E-state index contributed by atoms with van der Waals surface area (Å²) >= 11 is 1.58. The molecule has 0 bridgehead atoms. The number of nitrogens with zero attached hydrogens (tertiary/aromatic N) is 4. The van der Waals surface area contributed by atoms with Gasteiger partial charge in [-0.15, -0.1) is 0 Å². The van der Waals surface area contributed by atoms with Gasteiger partial charge in [-0.05, 0) is 47.4 Å². The number of piperidine rings is 1. The van der Waals surface area contributed by atoms with Crippen LogP contribution in [0.2, 0.25) is 0 Å². The van der Waals surface area contributed by atoms with Crippen molar-refractivity contribution in [2.45, 2.75) is 30.1 Å². The molecule has 0 spiro atoms. The Balaban J connectivity index is 1.55. The Hall–Kier alpha value is -2.65. The van der Waals surface area contributed by atoms with Gasteiger partial charge >= 0.3 is 0 Å². The fourth-order valence-electron chi connectivity index (χ4n) is 3.68. The van der Waals surface area contributed by atoms with E-state index in [1.807, 2.05) is 27.8 Å². The molecule has 156 valence electrons. The molecule has 1 amide bonds. The fraction of sp³-hybridized carbons (Fsp3) is 0.333. The van der Waals surface area contributed by atoms with Gasteiger partial charge in [-0.25, -0.2) is 18.4 Å². The van der Waals surface area contributed by atoms with Crippen LogP contribution in [0.4, 0.5) is 0 Å². The van der Waals surface area contributed by atoms with Gasteiger partial charge in [0, 0.05) is 49.4 Å². The van der Waals surface area contributed by atoms with Crippen LogP contribution in [0.15, 0.2) is 52.4 Å². The maximum absolute atomic E-state index is 12.6.